The molecule has 1 unspecified atom stereocenters. The van der Waals surface area contributed by atoms with E-state index < -0.39 is 5.97 Å². The monoisotopic (exact) mass is 316 g/mol. The molecule has 1 amide bonds. The highest BCUT2D eigenvalue weighted by atomic mass is 16.5. The smallest absolute Gasteiger partial charge is 0.307 e. The van der Waals surface area contributed by atoms with Crippen LogP contribution in [0.2, 0.25) is 0 Å². The number of amides is 1. The van der Waals surface area contributed by atoms with Gasteiger partial charge in [0.15, 0.2) is 11.4 Å². The van der Waals surface area contributed by atoms with Crippen molar-refractivity contribution in [1.29, 1.82) is 0 Å². The van der Waals surface area contributed by atoms with Crippen molar-refractivity contribution < 1.29 is 19.4 Å². The van der Waals surface area contributed by atoms with Gasteiger partial charge in [-0.1, -0.05) is 12.7 Å². The van der Waals surface area contributed by atoms with Crippen LogP contribution in [0.1, 0.15) is 29.8 Å². The predicted molar refractivity (Wildman–Crippen MR) is 83.2 cm³/mol. The Balaban J connectivity index is 1.66. The van der Waals surface area contributed by atoms with Crippen molar-refractivity contribution in [1.82, 2.24) is 9.88 Å². The summed E-state index contributed by atoms with van der Waals surface area (Å²) >= 11 is 0. The number of carboxylic acids is 1. The first-order valence-electron chi connectivity index (χ1n) is 7.78. The van der Waals surface area contributed by atoms with Crippen LogP contribution in [0, 0.1) is 11.3 Å². The van der Waals surface area contributed by atoms with Gasteiger partial charge in [0.25, 0.3) is 5.91 Å². The van der Waals surface area contributed by atoms with Crippen LogP contribution in [0.15, 0.2) is 31.0 Å². The Kier molecular flexibility index (Phi) is 4.07. The van der Waals surface area contributed by atoms with Gasteiger partial charge in [-0.05, 0) is 36.8 Å². The van der Waals surface area contributed by atoms with Crippen LogP contribution in [0.3, 0.4) is 0 Å². The Morgan fingerprint density at radius 2 is 2.22 bits per heavy atom. The molecule has 1 aliphatic carbocycles. The molecule has 2 fully saturated rings. The molecule has 1 saturated carbocycles. The minimum absolute atomic E-state index is 0.0884. The van der Waals surface area contributed by atoms with E-state index in [-0.39, 0.29) is 17.2 Å². The second-order valence-electron chi connectivity index (χ2n) is 6.20. The Morgan fingerprint density at radius 1 is 1.48 bits per heavy atom. The van der Waals surface area contributed by atoms with Crippen molar-refractivity contribution >= 4 is 11.9 Å². The predicted octanol–water partition coefficient (Wildman–Crippen LogP) is 1.97. The number of aromatic nitrogens is 1. The summed E-state index contributed by atoms with van der Waals surface area (Å²) in [6.07, 6.45) is 5.41. The van der Waals surface area contributed by atoms with E-state index in [1.165, 1.54) is 0 Å². The summed E-state index contributed by atoms with van der Waals surface area (Å²) in [6.45, 7) is 5.05. The molecule has 1 atom stereocenters. The number of hydrogen-bond acceptors (Lipinski definition) is 4. The number of carboxylic acid groups (broad SMARTS) is 1. The number of aliphatic carboxylic acids is 1. The molecule has 1 aromatic rings. The van der Waals surface area contributed by atoms with E-state index in [1.54, 1.807) is 29.3 Å². The molecule has 0 aromatic carbocycles. The van der Waals surface area contributed by atoms with Gasteiger partial charge >= 0.3 is 5.97 Å². The lowest BCUT2D eigenvalue weighted by molar-refractivity contribution is -0.139. The van der Waals surface area contributed by atoms with Crippen LogP contribution < -0.4 is 4.74 Å². The van der Waals surface area contributed by atoms with E-state index in [9.17, 15) is 9.59 Å². The molecule has 1 aliphatic heterocycles. The van der Waals surface area contributed by atoms with Crippen LogP contribution >= 0.6 is 0 Å². The maximum atomic E-state index is 12.7. The summed E-state index contributed by atoms with van der Waals surface area (Å²) in [6, 6.07) is 3.44. The lowest BCUT2D eigenvalue weighted by Gasteiger charge is -2.32. The summed E-state index contributed by atoms with van der Waals surface area (Å²) in [4.78, 5) is 29.7. The molecule has 2 aliphatic rings. The Bertz CT molecular complexity index is 635. The molecule has 6 nitrogen and oxygen atoms in total. The second-order valence-corrected chi connectivity index (χ2v) is 6.20. The van der Waals surface area contributed by atoms with Crippen LogP contribution in [-0.2, 0) is 4.79 Å². The summed E-state index contributed by atoms with van der Waals surface area (Å²) in [5, 5.41) is 9.13. The third-order valence-electron chi connectivity index (χ3n) is 4.86. The number of ether oxygens (including phenoxy) is 1. The molecule has 0 bridgehead atoms. The molecule has 1 saturated heterocycles. The van der Waals surface area contributed by atoms with Crippen molar-refractivity contribution in [2.45, 2.75) is 19.3 Å². The third kappa shape index (κ3) is 2.93. The molecule has 1 spiro atoms. The standard InChI is InChI=1S/C17H20N2O4/c1-2-10-23-13-4-3-7-18-14(13)15(20)19-8-5-17(6-9-19)11-12(17)16(21)22/h2-4,7,12H,1,5-6,8-11H2,(H,21,22). The van der Waals surface area contributed by atoms with E-state index >= 15 is 0 Å². The molecule has 0 radical (unpaired) electrons. The Labute approximate surface area is 134 Å². The molecule has 23 heavy (non-hydrogen) atoms. The minimum Gasteiger partial charge on any atom is -0.487 e. The van der Waals surface area contributed by atoms with Gasteiger partial charge in [0.2, 0.25) is 0 Å². The maximum Gasteiger partial charge on any atom is 0.307 e. The molecule has 122 valence electrons. The Hall–Kier alpha value is -2.37. The number of piperidine rings is 1. The molecule has 1 N–H and O–H groups in total. The van der Waals surface area contributed by atoms with Gasteiger partial charge in [0.05, 0.1) is 5.92 Å². The first kappa shape index (κ1) is 15.5. The average molecular weight is 316 g/mol. The lowest BCUT2D eigenvalue weighted by Crippen LogP contribution is -2.40. The first-order valence-corrected chi connectivity index (χ1v) is 7.78. The highest BCUT2D eigenvalue weighted by Gasteiger charge is 2.59. The van der Waals surface area contributed by atoms with Crippen LogP contribution in [0.5, 0.6) is 5.75 Å². The van der Waals surface area contributed by atoms with E-state index in [2.05, 4.69) is 11.6 Å². The van der Waals surface area contributed by atoms with Crippen molar-refractivity contribution in [3.05, 3.63) is 36.7 Å². The van der Waals surface area contributed by atoms with Gasteiger partial charge in [-0.3, -0.25) is 9.59 Å². The maximum absolute atomic E-state index is 12.7. The quantitative estimate of drug-likeness (QED) is 0.840. The number of nitrogens with zero attached hydrogens (tertiary/aromatic N) is 2. The molecule has 3 rings (SSSR count). The van der Waals surface area contributed by atoms with Crippen molar-refractivity contribution in [2.24, 2.45) is 11.3 Å². The zero-order valence-electron chi connectivity index (χ0n) is 12.9. The zero-order chi connectivity index (χ0) is 16.4. The zero-order valence-corrected chi connectivity index (χ0v) is 12.9. The largest absolute Gasteiger partial charge is 0.487 e. The number of likely N-dealkylation sites (tertiary alicyclic amines) is 1. The average Bonchev–Trinajstić information content (AvgIpc) is 3.27. The molecule has 6 heteroatoms. The van der Waals surface area contributed by atoms with Gasteiger partial charge in [-0.15, -0.1) is 0 Å². The minimum atomic E-state index is -0.713. The van der Waals surface area contributed by atoms with E-state index in [0.29, 0.717) is 31.1 Å². The Morgan fingerprint density at radius 3 is 2.83 bits per heavy atom. The van der Waals surface area contributed by atoms with Crippen LogP contribution in [0.25, 0.3) is 0 Å². The summed E-state index contributed by atoms with van der Waals surface area (Å²) in [5.41, 5.74) is 0.213. The van der Waals surface area contributed by atoms with E-state index in [4.69, 9.17) is 9.84 Å². The second kappa shape index (κ2) is 6.02. The fourth-order valence-corrected chi connectivity index (χ4v) is 3.37. The fourth-order valence-electron chi connectivity index (χ4n) is 3.37. The lowest BCUT2D eigenvalue weighted by atomic mass is 9.90. The van der Waals surface area contributed by atoms with Crippen molar-refractivity contribution in [3.8, 4) is 5.75 Å². The number of rotatable bonds is 5. The van der Waals surface area contributed by atoms with Gasteiger partial charge in [0.1, 0.15) is 6.61 Å². The molecule has 2 heterocycles. The van der Waals surface area contributed by atoms with Crippen LogP contribution in [0.4, 0.5) is 0 Å². The first-order chi connectivity index (χ1) is 11.1. The van der Waals surface area contributed by atoms with Gasteiger partial charge in [0, 0.05) is 19.3 Å². The number of carbonyl (C=O) groups excluding carboxylic acids is 1. The van der Waals surface area contributed by atoms with E-state index in [0.717, 1.165) is 19.3 Å². The van der Waals surface area contributed by atoms with Gasteiger partial charge < -0.3 is 14.7 Å². The van der Waals surface area contributed by atoms with Gasteiger partial charge in [-0.2, -0.15) is 0 Å². The highest BCUT2D eigenvalue weighted by molar-refractivity contribution is 5.95. The van der Waals surface area contributed by atoms with Crippen LogP contribution in [-0.4, -0.2) is 46.6 Å². The topological polar surface area (TPSA) is 79.7 Å². The van der Waals surface area contributed by atoms with E-state index in [1.807, 2.05) is 0 Å². The van der Waals surface area contributed by atoms with Gasteiger partial charge in [-0.25, -0.2) is 4.98 Å². The molecule has 1 aromatic heterocycles. The van der Waals surface area contributed by atoms with Crippen molar-refractivity contribution in [2.75, 3.05) is 19.7 Å². The third-order valence-corrected chi connectivity index (χ3v) is 4.86. The molecular weight excluding hydrogens is 296 g/mol. The number of hydrogen-bond donors (Lipinski definition) is 1. The SMILES string of the molecule is C=CCOc1cccnc1C(=O)N1CCC2(CC1)CC2C(=O)O. The number of carbonyl (C=O) groups is 2. The highest BCUT2D eigenvalue weighted by Crippen LogP contribution is 2.59. The number of pyridine rings is 1. The summed E-state index contributed by atoms with van der Waals surface area (Å²) < 4.78 is 5.49. The normalized spacial score (nSPS) is 21.7. The summed E-state index contributed by atoms with van der Waals surface area (Å²) in [7, 11) is 0. The fraction of sp³-hybridized carbons (Fsp3) is 0.471. The van der Waals surface area contributed by atoms with Crippen molar-refractivity contribution in [3.63, 3.8) is 0 Å². The summed E-state index contributed by atoms with van der Waals surface area (Å²) in [5.74, 6) is -0.657. The molecular formula is C17H20N2O4.